The largest absolute Gasteiger partial charge is 0.493 e. The fourth-order valence-electron chi connectivity index (χ4n) is 0.971. The second kappa shape index (κ2) is 3.30. The molecule has 0 aromatic heterocycles. The fraction of sp³-hybridized carbons (Fsp3) is 0.250. The van der Waals surface area contributed by atoms with Crippen LogP contribution < -0.4 is 10.5 Å². The molecule has 11 heavy (non-hydrogen) atoms. The van der Waals surface area contributed by atoms with E-state index < -0.39 is 0 Å². The summed E-state index contributed by atoms with van der Waals surface area (Å²) in [7, 11) is 1.63. The topological polar surface area (TPSA) is 35.2 Å². The van der Waals surface area contributed by atoms with Crippen LogP contribution in [0, 0.1) is 10.5 Å². The van der Waals surface area contributed by atoms with Gasteiger partial charge in [0.15, 0.2) is 5.75 Å². The van der Waals surface area contributed by atoms with Gasteiger partial charge in [-0.1, -0.05) is 0 Å². The molecular formula is C8H10INO. The summed E-state index contributed by atoms with van der Waals surface area (Å²) in [6, 6.07) is 3.94. The molecule has 1 rings (SSSR count). The summed E-state index contributed by atoms with van der Waals surface area (Å²) in [6.45, 7) is 2.01. The van der Waals surface area contributed by atoms with E-state index in [2.05, 4.69) is 22.6 Å². The third-order valence-corrected chi connectivity index (χ3v) is 2.22. The fourth-order valence-corrected chi connectivity index (χ4v) is 1.99. The van der Waals surface area contributed by atoms with Gasteiger partial charge in [-0.05, 0) is 47.2 Å². The van der Waals surface area contributed by atoms with Gasteiger partial charge in [0.1, 0.15) is 0 Å². The Labute approximate surface area is 79.9 Å². The van der Waals surface area contributed by atoms with Gasteiger partial charge >= 0.3 is 0 Å². The molecule has 0 aliphatic carbocycles. The molecule has 3 heteroatoms. The molecule has 0 amide bonds. The molecule has 0 saturated heterocycles. The zero-order valence-electron chi connectivity index (χ0n) is 6.52. The Balaban J connectivity index is 3.25. The number of hydrogen-bond donors (Lipinski definition) is 1. The van der Waals surface area contributed by atoms with Crippen LogP contribution in [-0.2, 0) is 0 Å². The Bertz CT molecular complexity index is 250. The number of rotatable bonds is 1. The number of benzene rings is 1. The smallest absolute Gasteiger partial charge is 0.155 e. The molecule has 0 bridgehead atoms. The first kappa shape index (κ1) is 8.64. The molecule has 60 valence electrons. The minimum Gasteiger partial charge on any atom is -0.493 e. The van der Waals surface area contributed by atoms with E-state index in [0.29, 0.717) is 5.69 Å². The highest BCUT2D eigenvalue weighted by atomic mass is 127. The number of anilines is 1. The molecule has 0 radical (unpaired) electrons. The minimum absolute atomic E-state index is 0.705. The molecule has 2 nitrogen and oxygen atoms in total. The molecule has 2 N–H and O–H groups in total. The van der Waals surface area contributed by atoms with Gasteiger partial charge in [0.05, 0.1) is 16.4 Å². The molecule has 0 aliphatic heterocycles. The van der Waals surface area contributed by atoms with Crippen LogP contribution in [0.1, 0.15) is 5.56 Å². The first-order valence-electron chi connectivity index (χ1n) is 3.24. The zero-order valence-corrected chi connectivity index (χ0v) is 8.68. The summed E-state index contributed by atoms with van der Waals surface area (Å²) in [5.41, 5.74) is 7.57. The summed E-state index contributed by atoms with van der Waals surface area (Å²) in [5, 5.41) is 0. The monoisotopic (exact) mass is 263 g/mol. The van der Waals surface area contributed by atoms with E-state index in [1.807, 2.05) is 19.1 Å². The van der Waals surface area contributed by atoms with Gasteiger partial charge in [-0.15, -0.1) is 0 Å². The van der Waals surface area contributed by atoms with Gasteiger partial charge in [0.2, 0.25) is 0 Å². The van der Waals surface area contributed by atoms with Crippen LogP contribution in [0.15, 0.2) is 12.1 Å². The number of ether oxygens (including phenoxy) is 1. The first-order valence-corrected chi connectivity index (χ1v) is 4.32. The molecule has 0 spiro atoms. The van der Waals surface area contributed by atoms with E-state index in [4.69, 9.17) is 10.5 Å². The molecule has 1 aromatic carbocycles. The second-order valence-corrected chi connectivity index (χ2v) is 3.53. The number of nitrogen functional groups attached to an aromatic ring is 1. The molecule has 1 aromatic rings. The Hall–Kier alpha value is -0.450. The van der Waals surface area contributed by atoms with E-state index in [9.17, 15) is 0 Å². The lowest BCUT2D eigenvalue weighted by molar-refractivity contribution is 0.414. The van der Waals surface area contributed by atoms with Crippen molar-refractivity contribution >= 4 is 28.3 Å². The van der Waals surface area contributed by atoms with Crippen LogP contribution in [0.5, 0.6) is 5.75 Å². The minimum atomic E-state index is 0.705. The molecule has 0 aliphatic rings. The Morgan fingerprint density at radius 2 is 2.09 bits per heavy atom. The van der Waals surface area contributed by atoms with Crippen LogP contribution in [-0.4, -0.2) is 7.11 Å². The van der Waals surface area contributed by atoms with Crippen molar-refractivity contribution in [2.45, 2.75) is 6.92 Å². The van der Waals surface area contributed by atoms with Gasteiger partial charge in [0, 0.05) is 0 Å². The highest BCUT2D eigenvalue weighted by Gasteiger charge is 2.03. The third-order valence-electron chi connectivity index (χ3n) is 1.42. The summed E-state index contributed by atoms with van der Waals surface area (Å²) >= 11 is 2.21. The average molecular weight is 263 g/mol. The summed E-state index contributed by atoms with van der Waals surface area (Å²) in [4.78, 5) is 0. The summed E-state index contributed by atoms with van der Waals surface area (Å²) < 4.78 is 6.16. The Morgan fingerprint density at radius 3 is 2.55 bits per heavy atom. The maximum Gasteiger partial charge on any atom is 0.155 e. The van der Waals surface area contributed by atoms with Crippen molar-refractivity contribution in [2.75, 3.05) is 12.8 Å². The van der Waals surface area contributed by atoms with Gasteiger partial charge in [-0.2, -0.15) is 0 Å². The summed E-state index contributed by atoms with van der Waals surface area (Å²) in [6.07, 6.45) is 0. The Kier molecular flexibility index (Phi) is 2.59. The van der Waals surface area contributed by atoms with Crippen molar-refractivity contribution in [3.63, 3.8) is 0 Å². The van der Waals surface area contributed by atoms with Crippen molar-refractivity contribution in [2.24, 2.45) is 0 Å². The van der Waals surface area contributed by atoms with Crippen molar-refractivity contribution in [3.05, 3.63) is 21.3 Å². The average Bonchev–Trinajstić information content (AvgIpc) is 1.85. The molecule has 0 heterocycles. The zero-order chi connectivity index (χ0) is 8.43. The number of aryl methyl sites for hydroxylation is 1. The van der Waals surface area contributed by atoms with Crippen molar-refractivity contribution in [1.82, 2.24) is 0 Å². The third kappa shape index (κ3) is 1.77. The van der Waals surface area contributed by atoms with Crippen molar-refractivity contribution in [3.8, 4) is 5.75 Å². The molecular weight excluding hydrogens is 253 g/mol. The maximum atomic E-state index is 5.70. The quantitative estimate of drug-likeness (QED) is 0.622. The number of halogens is 1. The van der Waals surface area contributed by atoms with Crippen molar-refractivity contribution in [1.29, 1.82) is 0 Å². The van der Waals surface area contributed by atoms with Gasteiger partial charge in [-0.3, -0.25) is 0 Å². The molecule has 0 fully saturated rings. The highest BCUT2D eigenvalue weighted by Crippen LogP contribution is 2.28. The molecule has 0 unspecified atom stereocenters. The summed E-state index contributed by atoms with van der Waals surface area (Å²) in [5.74, 6) is 0.774. The van der Waals surface area contributed by atoms with E-state index in [0.717, 1.165) is 14.9 Å². The Morgan fingerprint density at radius 1 is 1.45 bits per heavy atom. The predicted molar refractivity (Wildman–Crippen MR) is 54.9 cm³/mol. The van der Waals surface area contributed by atoms with Crippen LogP contribution in [0.4, 0.5) is 5.69 Å². The van der Waals surface area contributed by atoms with E-state index in [-0.39, 0.29) is 0 Å². The van der Waals surface area contributed by atoms with Crippen molar-refractivity contribution < 1.29 is 4.74 Å². The SMILES string of the molecule is COc1c(N)cc(C)cc1I. The lowest BCUT2D eigenvalue weighted by Gasteiger charge is -2.07. The van der Waals surface area contributed by atoms with E-state index >= 15 is 0 Å². The van der Waals surface area contributed by atoms with E-state index in [1.165, 1.54) is 0 Å². The normalized spacial score (nSPS) is 9.73. The highest BCUT2D eigenvalue weighted by molar-refractivity contribution is 14.1. The van der Waals surface area contributed by atoms with Crippen LogP contribution >= 0.6 is 22.6 Å². The van der Waals surface area contributed by atoms with Gasteiger partial charge in [0.25, 0.3) is 0 Å². The maximum absolute atomic E-state index is 5.70. The van der Waals surface area contributed by atoms with Gasteiger partial charge < -0.3 is 10.5 Å². The van der Waals surface area contributed by atoms with Crippen LogP contribution in [0.3, 0.4) is 0 Å². The lowest BCUT2D eigenvalue weighted by atomic mass is 10.2. The lowest BCUT2D eigenvalue weighted by Crippen LogP contribution is -1.95. The van der Waals surface area contributed by atoms with Crippen LogP contribution in [0.2, 0.25) is 0 Å². The first-order chi connectivity index (χ1) is 5.15. The standard InChI is InChI=1S/C8H10INO/c1-5-3-6(9)8(11-2)7(10)4-5/h3-4H,10H2,1-2H3. The van der Waals surface area contributed by atoms with E-state index in [1.54, 1.807) is 7.11 Å². The number of hydrogen-bond acceptors (Lipinski definition) is 2. The van der Waals surface area contributed by atoms with Crippen LogP contribution in [0.25, 0.3) is 0 Å². The molecule has 0 atom stereocenters. The van der Waals surface area contributed by atoms with Gasteiger partial charge in [-0.25, -0.2) is 0 Å². The molecule has 0 saturated carbocycles. The number of methoxy groups -OCH3 is 1. The second-order valence-electron chi connectivity index (χ2n) is 2.37. The number of nitrogens with two attached hydrogens (primary N) is 1. The predicted octanol–water partition coefficient (Wildman–Crippen LogP) is 2.19.